The van der Waals surface area contributed by atoms with Crippen molar-refractivity contribution in [2.45, 2.75) is 12.5 Å². The van der Waals surface area contributed by atoms with Gasteiger partial charge in [0.05, 0.1) is 17.8 Å². The maximum atomic E-state index is 10.5. The van der Waals surface area contributed by atoms with Crippen LogP contribution in [0.3, 0.4) is 0 Å². The fraction of sp³-hybridized carbons (Fsp3) is 0.231. The van der Waals surface area contributed by atoms with E-state index in [0.717, 1.165) is 0 Å². The van der Waals surface area contributed by atoms with Gasteiger partial charge in [-0.25, -0.2) is 0 Å². The molecule has 1 heterocycles. The molecule has 100 valence electrons. The minimum absolute atomic E-state index is 0.0166. The Kier molecular flexibility index (Phi) is 4.15. The van der Waals surface area contributed by atoms with Gasteiger partial charge in [-0.3, -0.25) is 10.1 Å². The topological polar surface area (TPSA) is 85.7 Å². The number of ether oxygens (including phenoxy) is 1. The molecule has 0 aliphatic rings. The molecule has 1 aromatic heterocycles. The molecule has 1 atom stereocenters. The Balaban J connectivity index is 1.81. The molecule has 0 saturated carbocycles. The lowest BCUT2D eigenvalue weighted by atomic mass is 10.2. The Labute approximate surface area is 109 Å². The van der Waals surface area contributed by atoms with E-state index in [1.165, 1.54) is 30.5 Å². The molecule has 2 aromatic rings. The van der Waals surface area contributed by atoms with Crippen LogP contribution in [0.2, 0.25) is 0 Å². The van der Waals surface area contributed by atoms with Gasteiger partial charge in [0, 0.05) is 18.6 Å². The van der Waals surface area contributed by atoms with Crippen molar-refractivity contribution in [3.8, 4) is 5.75 Å². The molecule has 0 aliphatic heterocycles. The van der Waals surface area contributed by atoms with Gasteiger partial charge in [0.2, 0.25) is 0 Å². The number of hydrogen-bond donors (Lipinski definition) is 1. The first-order chi connectivity index (χ1) is 9.16. The smallest absolute Gasteiger partial charge is 0.269 e. The van der Waals surface area contributed by atoms with E-state index in [0.29, 0.717) is 24.5 Å². The number of aliphatic hydroxyl groups is 1. The molecule has 1 aromatic carbocycles. The zero-order chi connectivity index (χ0) is 13.7. The first-order valence-electron chi connectivity index (χ1n) is 5.75. The van der Waals surface area contributed by atoms with Crippen LogP contribution in [0.4, 0.5) is 5.69 Å². The van der Waals surface area contributed by atoms with Crippen molar-refractivity contribution < 1.29 is 19.2 Å². The van der Waals surface area contributed by atoms with E-state index in [1.807, 2.05) is 0 Å². The van der Waals surface area contributed by atoms with Crippen molar-refractivity contribution in [1.82, 2.24) is 0 Å². The maximum Gasteiger partial charge on any atom is 0.269 e. The quantitative estimate of drug-likeness (QED) is 0.639. The van der Waals surface area contributed by atoms with Crippen molar-refractivity contribution in [3.63, 3.8) is 0 Å². The number of aliphatic hydroxyl groups excluding tert-OH is 1. The second-order valence-corrected chi connectivity index (χ2v) is 3.92. The molecule has 0 aliphatic carbocycles. The van der Waals surface area contributed by atoms with Gasteiger partial charge in [-0.2, -0.15) is 0 Å². The summed E-state index contributed by atoms with van der Waals surface area (Å²) in [4.78, 5) is 10.0. The van der Waals surface area contributed by atoms with E-state index < -0.39 is 11.0 Å². The standard InChI is InChI=1S/C13H13NO5/c15-12(13-2-1-8-19-13)7-9-18-11-5-3-10(4-6-11)14(16)17/h1-6,8,12,15H,7,9H2. The summed E-state index contributed by atoms with van der Waals surface area (Å²) in [7, 11) is 0. The summed E-state index contributed by atoms with van der Waals surface area (Å²) in [6, 6.07) is 9.19. The molecular weight excluding hydrogens is 250 g/mol. The van der Waals surface area contributed by atoms with Gasteiger partial charge in [-0.15, -0.1) is 0 Å². The normalized spacial score (nSPS) is 12.1. The molecular formula is C13H13NO5. The van der Waals surface area contributed by atoms with Crippen LogP contribution in [0.15, 0.2) is 47.1 Å². The summed E-state index contributed by atoms with van der Waals surface area (Å²) in [5.74, 6) is 1.02. The molecule has 0 amide bonds. The highest BCUT2D eigenvalue weighted by Gasteiger charge is 2.10. The highest BCUT2D eigenvalue weighted by atomic mass is 16.6. The largest absolute Gasteiger partial charge is 0.493 e. The van der Waals surface area contributed by atoms with Crippen LogP contribution < -0.4 is 4.74 Å². The first-order valence-corrected chi connectivity index (χ1v) is 5.75. The van der Waals surface area contributed by atoms with E-state index >= 15 is 0 Å². The van der Waals surface area contributed by atoms with Gasteiger partial charge < -0.3 is 14.3 Å². The Morgan fingerprint density at radius 2 is 2.05 bits per heavy atom. The van der Waals surface area contributed by atoms with Crippen LogP contribution in [-0.2, 0) is 0 Å². The van der Waals surface area contributed by atoms with Crippen molar-refractivity contribution in [3.05, 3.63) is 58.5 Å². The third kappa shape index (κ3) is 3.56. The van der Waals surface area contributed by atoms with Crippen LogP contribution in [0.25, 0.3) is 0 Å². The number of nitrogens with zero attached hydrogens (tertiary/aromatic N) is 1. The van der Waals surface area contributed by atoms with Crippen LogP contribution in [0.1, 0.15) is 18.3 Å². The molecule has 0 saturated heterocycles. The second-order valence-electron chi connectivity index (χ2n) is 3.92. The van der Waals surface area contributed by atoms with Gasteiger partial charge in [0.25, 0.3) is 5.69 Å². The summed E-state index contributed by atoms with van der Waals surface area (Å²) >= 11 is 0. The third-order valence-electron chi connectivity index (χ3n) is 2.58. The number of non-ortho nitro benzene ring substituents is 1. The molecule has 1 unspecified atom stereocenters. The summed E-state index contributed by atoms with van der Waals surface area (Å²) in [5.41, 5.74) is 0.0166. The average molecular weight is 263 g/mol. The summed E-state index contributed by atoms with van der Waals surface area (Å²) in [6.45, 7) is 0.291. The number of benzene rings is 1. The van der Waals surface area contributed by atoms with E-state index in [-0.39, 0.29) is 5.69 Å². The lowest BCUT2D eigenvalue weighted by Gasteiger charge is -2.09. The number of hydrogen-bond acceptors (Lipinski definition) is 5. The number of rotatable bonds is 6. The minimum atomic E-state index is -0.715. The molecule has 2 rings (SSSR count). The summed E-state index contributed by atoms with van der Waals surface area (Å²) < 4.78 is 10.4. The first kappa shape index (κ1) is 13.1. The monoisotopic (exact) mass is 263 g/mol. The molecule has 0 spiro atoms. The average Bonchev–Trinajstić information content (AvgIpc) is 2.93. The maximum absolute atomic E-state index is 10.5. The molecule has 0 bridgehead atoms. The Morgan fingerprint density at radius 3 is 2.63 bits per heavy atom. The molecule has 6 nitrogen and oxygen atoms in total. The van der Waals surface area contributed by atoms with Gasteiger partial charge in [0.15, 0.2) is 0 Å². The predicted molar refractivity (Wildman–Crippen MR) is 66.9 cm³/mol. The van der Waals surface area contributed by atoms with E-state index in [2.05, 4.69) is 0 Å². The molecule has 0 radical (unpaired) electrons. The SMILES string of the molecule is O=[N+]([O-])c1ccc(OCCC(O)c2ccco2)cc1. The zero-order valence-electron chi connectivity index (χ0n) is 10.1. The van der Waals surface area contributed by atoms with E-state index in [4.69, 9.17) is 9.15 Å². The number of nitro benzene ring substituents is 1. The highest BCUT2D eigenvalue weighted by molar-refractivity contribution is 5.35. The van der Waals surface area contributed by atoms with E-state index in [1.54, 1.807) is 12.1 Å². The van der Waals surface area contributed by atoms with Crippen LogP contribution >= 0.6 is 0 Å². The summed E-state index contributed by atoms with van der Waals surface area (Å²) in [6.07, 6.45) is 1.16. The fourth-order valence-electron chi connectivity index (χ4n) is 1.58. The third-order valence-corrected chi connectivity index (χ3v) is 2.58. The number of furan rings is 1. The minimum Gasteiger partial charge on any atom is -0.493 e. The van der Waals surface area contributed by atoms with Gasteiger partial charge in [-0.05, 0) is 24.3 Å². The van der Waals surface area contributed by atoms with Gasteiger partial charge in [-0.1, -0.05) is 0 Å². The summed E-state index contributed by atoms with van der Waals surface area (Å²) in [5, 5.41) is 20.2. The van der Waals surface area contributed by atoms with Crippen LogP contribution in [0.5, 0.6) is 5.75 Å². The van der Waals surface area contributed by atoms with Crippen LogP contribution in [0, 0.1) is 10.1 Å². The number of nitro groups is 1. The fourth-order valence-corrected chi connectivity index (χ4v) is 1.58. The molecule has 1 N–H and O–H groups in total. The predicted octanol–water partition coefficient (Wildman–Crippen LogP) is 2.69. The van der Waals surface area contributed by atoms with Crippen molar-refractivity contribution in [1.29, 1.82) is 0 Å². The van der Waals surface area contributed by atoms with Crippen molar-refractivity contribution in [2.75, 3.05) is 6.61 Å². The molecule has 19 heavy (non-hydrogen) atoms. The van der Waals surface area contributed by atoms with Crippen molar-refractivity contribution >= 4 is 5.69 Å². The Morgan fingerprint density at radius 1 is 1.32 bits per heavy atom. The lowest BCUT2D eigenvalue weighted by molar-refractivity contribution is -0.384. The zero-order valence-corrected chi connectivity index (χ0v) is 10.1. The molecule has 6 heteroatoms. The molecule has 0 fully saturated rings. The van der Waals surface area contributed by atoms with Gasteiger partial charge >= 0.3 is 0 Å². The van der Waals surface area contributed by atoms with Crippen LogP contribution in [-0.4, -0.2) is 16.6 Å². The highest BCUT2D eigenvalue weighted by Crippen LogP contribution is 2.20. The Hall–Kier alpha value is -2.34. The Bertz CT molecular complexity index is 520. The van der Waals surface area contributed by atoms with E-state index in [9.17, 15) is 15.2 Å². The van der Waals surface area contributed by atoms with Crippen molar-refractivity contribution in [2.24, 2.45) is 0 Å². The lowest BCUT2D eigenvalue weighted by Crippen LogP contribution is -2.04. The second kappa shape index (κ2) is 6.01. The van der Waals surface area contributed by atoms with Gasteiger partial charge in [0.1, 0.15) is 17.6 Å².